The third kappa shape index (κ3) is 2.35. The van der Waals surface area contributed by atoms with E-state index in [9.17, 15) is 4.79 Å². The molecule has 4 heteroatoms. The molecule has 0 fully saturated rings. The van der Waals surface area contributed by atoms with E-state index in [1.165, 1.54) is 4.88 Å². The summed E-state index contributed by atoms with van der Waals surface area (Å²) in [7, 11) is 0. The summed E-state index contributed by atoms with van der Waals surface area (Å²) < 4.78 is 0. The fourth-order valence-electron chi connectivity index (χ4n) is 1.89. The minimum Gasteiger partial charge on any atom is -0.312 e. The van der Waals surface area contributed by atoms with E-state index < -0.39 is 5.97 Å². The first-order valence-electron chi connectivity index (χ1n) is 5.87. The zero-order valence-electron chi connectivity index (χ0n) is 10.3. The minimum absolute atomic E-state index is 0.398. The summed E-state index contributed by atoms with van der Waals surface area (Å²) in [6.07, 6.45) is 1.83. The summed E-state index contributed by atoms with van der Waals surface area (Å²) in [5.41, 5.74) is 1.98. The first-order chi connectivity index (χ1) is 9.24. The monoisotopic (exact) mass is 269 g/mol. The SMILES string of the molecule is Cc1ccc(C=C2C(=O)ON=C2c2ccccc2)s1. The number of hydrogen-bond donors (Lipinski definition) is 0. The second-order valence-corrected chi connectivity index (χ2v) is 5.51. The molecule has 0 radical (unpaired) electrons. The van der Waals surface area contributed by atoms with E-state index >= 15 is 0 Å². The van der Waals surface area contributed by atoms with E-state index in [2.05, 4.69) is 5.16 Å². The Bertz CT molecular complexity index is 683. The molecule has 0 saturated carbocycles. The number of aryl methyl sites for hydroxylation is 1. The molecule has 1 aliphatic rings. The molecule has 1 aliphatic heterocycles. The summed E-state index contributed by atoms with van der Waals surface area (Å²) in [6.45, 7) is 2.03. The van der Waals surface area contributed by atoms with Crippen LogP contribution >= 0.6 is 11.3 Å². The maximum atomic E-state index is 11.8. The second-order valence-electron chi connectivity index (χ2n) is 4.19. The Morgan fingerprint density at radius 2 is 1.95 bits per heavy atom. The number of nitrogens with zero attached hydrogens (tertiary/aromatic N) is 1. The minimum atomic E-state index is -0.398. The Kier molecular flexibility index (Phi) is 3.01. The molecule has 2 aromatic rings. The first kappa shape index (κ1) is 11.9. The molecule has 0 spiro atoms. The molecule has 94 valence electrons. The zero-order chi connectivity index (χ0) is 13.2. The highest BCUT2D eigenvalue weighted by atomic mass is 32.1. The van der Waals surface area contributed by atoms with Gasteiger partial charge in [0, 0.05) is 15.3 Å². The van der Waals surface area contributed by atoms with Crippen molar-refractivity contribution in [2.24, 2.45) is 5.16 Å². The molecule has 1 aromatic carbocycles. The predicted octanol–water partition coefficient (Wildman–Crippen LogP) is 3.40. The molecule has 3 rings (SSSR count). The van der Waals surface area contributed by atoms with Crippen molar-refractivity contribution >= 4 is 29.1 Å². The van der Waals surface area contributed by atoms with Crippen LogP contribution in [-0.4, -0.2) is 11.7 Å². The van der Waals surface area contributed by atoms with Crippen molar-refractivity contribution in [3.05, 3.63) is 63.4 Å². The molecule has 2 heterocycles. The maximum Gasteiger partial charge on any atom is 0.368 e. The first-order valence-corrected chi connectivity index (χ1v) is 6.69. The number of benzene rings is 1. The molecule has 0 amide bonds. The van der Waals surface area contributed by atoms with E-state index in [1.807, 2.05) is 55.5 Å². The number of thiophene rings is 1. The van der Waals surface area contributed by atoms with Gasteiger partial charge >= 0.3 is 5.97 Å². The molecule has 0 N–H and O–H groups in total. The van der Waals surface area contributed by atoms with Gasteiger partial charge in [0.1, 0.15) is 5.71 Å². The molecular weight excluding hydrogens is 258 g/mol. The Hall–Kier alpha value is -2.20. The van der Waals surface area contributed by atoms with Crippen molar-refractivity contribution in [3.8, 4) is 0 Å². The van der Waals surface area contributed by atoms with Crippen LogP contribution in [0.4, 0.5) is 0 Å². The summed E-state index contributed by atoms with van der Waals surface area (Å²) in [4.78, 5) is 18.8. The Balaban J connectivity index is 2.01. The summed E-state index contributed by atoms with van der Waals surface area (Å²) in [6, 6.07) is 13.6. The number of hydrogen-bond acceptors (Lipinski definition) is 4. The fraction of sp³-hybridized carbons (Fsp3) is 0.0667. The number of rotatable bonds is 2. The van der Waals surface area contributed by atoms with E-state index in [1.54, 1.807) is 11.3 Å². The van der Waals surface area contributed by atoms with Crippen LogP contribution in [0.3, 0.4) is 0 Å². The quantitative estimate of drug-likeness (QED) is 0.619. The van der Waals surface area contributed by atoms with Crippen molar-refractivity contribution < 1.29 is 9.63 Å². The lowest BCUT2D eigenvalue weighted by Gasteiger charge is -1.98. The molecule has 3 nitrogen and oxygen atoms in total. The highest BCUT2D eigenvalue weighted by Crippen LogP contribution is 2.24. The van der Waals surface area contributed by atoms with Crippen LogP contribution in [0.25, 0.3) is 6.08 Å². The van der Waals surface area contributed by atoms with Gasteiger partial charge in [0.25, 0.3) is 0 Å². The normalized spacial score (nSPS) is 16.6. The van der Waals surface area contributed by atoms with Gasteiger partial charge in [-0.1, -0.05) is 35.5 Å². The van der Waals surface area contributed by atoms with Crippen molar-refractivity contribution in [2.75, 3.05) is 0 Å². The molecule has 1 aromatic heterocycles. The summed E-state index contributed by atoms with van der Waals surface area (Å²) in [5.74, 6) is -0.398. The van der Waals surface area contributed by atoms with Crippen molar-refractivity contribution in [1.29, 1.82) is 0 Å². The van der Waals surface area contributed by atoms with Crippen LogP contribution in [0.2, 0.25) is 0 Å². The van der Waals surface area contributed by atoms with Crippen molar-refractivity contribution in [1.82, 2.24) is 0 Å². The van der Waals surface area contributed by atoms with E-state index in [-0.39, 0.29) is 0 Å². The molecule has 0 unspecified atom stereocenters. The van der Waals surface area contributed by atoms with Crippen LogP contribution < -0.4 is 0 Å². The topological polar surface area (TPSA) is 38.7 Å². The lowest BCUT2D eigenvalue weighted by atomic mass is 10.0. The molecular formula is C15H11NO2S. The Labute approximate surface area is 114 Å². The van der Waals surface area contributed by atoms with E-state index in [0.29, 0.717) is 11.3 Å². The van der Waals surface area contributed by atoms with E-state index in [4.69, 9.17) is 4.84 Å². The molecule has 19 heavy (non-hydrogen) atoms. The van der Waals surface area contributed by atoms with Gasteiger partial charge in [-0.3, -0.25) is 0 Å². The highest BCUT2D eigenvalue weighted by Gasteiger charge is 2.26. The highest BCUT2D eigenvalue weighted by molar-refractivity contribution is 7.12. The van der Waals surface area contributed by atoms with Gasteiger partial charge in [-0.15, -0.1) is 11.3 Å². The average Bonchev–Trinajstić information content (AvgIpc) is 2.99. The van der Waals surface area contributed by atoms with Gasteiger partial charge in [0.05, 0.1) is 5.57 Å². The van der Waals surface area contributed by atoms with Gasteiger partial charge in [0.15, 0.2) is 0 Å². The number of oxime groups is 1. The van der Waals surface area contributed by atoms with Gasteiger partial charge in [-0.2, -0.15) is 0 Å². The zero-order valence-corrected chi connectivity index (χ0v) is 11.1. The number of carbonyl (C=O) groups is 1. The second kappa shape index (κ2) is 4.82. The van der Waals surface area contributed by atoms with Gasteiger partial charge in [0.2, 0.25) is 0 Å². The standard InChI is InChI=1S/C15H11NO2S/c1-10-7-8-12(19-10)9-13-14(16-18-15(13)17)11-5-3-2-4-6-11/h2-9H,1H3. The molecule has 0 bridgehead atoms. The van der Waals surface area contributed by atoms with Gasteiger partial charge in [-0.25, -0.2) is 4.79 Å². The maximum absolute atomic E-state index is 11.8. The third-order valence-electron chi connectivity index (χ3n) is 2.79. The van der Waals surface area contributed by atoms with Crippen LogP contribution in [0.5, 0.6) is 0 Å². The van der Waals surface area contributed by atoms with Crippen LogP contribution in [0.1, 0.15) is 15.3 Å². The Morgan fingerprint density at radius 3 is 2.63 bits per heavy atom. The summed E-state index contributed by atoms with van der Waals surface area (Å²) >= 11 is 1.63. The smallest absolute Gasteiger partial charge is 0.312 e. The van der Waals surface area contributed by atoms with E-state index in [0.717, 1.165) is 10.4 Å². The van der Waals surface area contributed by atoms with Crippen LogP contribution in [0.15, 0.2) is 53.2 Å². The average molecular weight is 269 g/mol. The predicted molar refractivity (Wildman–Crippen MR) is 76.1 cm³/mol. The molecule has 0 aliphatic carbocycles. The van der Waals surface area contributed by atoms with Gasteiger partial charge in [-0.05, 0) is 25.1 Å². The van der Waals surface area contributed by atoms with Crippen LogP contribution in [-0.2, 0) is 9.63 Å². The molecule has 0 atom stereocenters. The summed E-state index contributed by atoms with van der Waals surface area (Å²) in [5, 5.41) is 3.87. The van der Waals surface area contributed by atoms with Gasteiger partial charge < -0.3 is 4.84 Å². The van der Waals surface area contributed by atoms with Crippen molar-refractivity contribution in [3.63, 3.8) is 0 Å². The number of carbonyl (C=O) groups excluding carboxylic acids is 1. The van der Waals surface area contributed by atoms with Crippen LogP contribution in [0, 0.1) is 6.92 Å². The fourth-order valence-corrected chi connectivity index (χ4v) is 2.71. The molecule has 0 saturated heterocycles. The lowest BCUT2D eigenvalue weighted by Crippen LogP contribution is -2.06. The largest absolute Gasteiger partial charge is 0.368 e. The lowest BCUT2D eigenvalue weighted by molar-refractivity contribution is -0.136. The third-order valence-corrected chi connectivity index (χ3v) is 3.74. The van der Waals surface area contributed by atoms with Crippen molar-refractivity contribution in [2.45, 2.75) is 6.92 Å². The Morgan fingerprint density at radius 1 is 1.16 bits per heavy atom.